The van der Waals surface area contributed by atoms with E-state index in [9.17, 15) is 10.4 Å². The Kier molecular flexibility index (Phi) is 7.17. The molecule has 190 valence electrons. The summed E-state index contributed by atoms with van der Waals surface area (Å²) < 4.78 is 1.98. The third-order valence-electron chi connectivity index (χ3n) is 7.43. The Bertz CT molecular complexity index is 1420. The van der Waals surface area contributed by atoms with Crippen LogP contribution in [0.3, 0.4) is 0 Å². The van der Waals surface area contributed by atoms with Gasteiger partial charge in [0.05, 0.1) is 29.7 Å². The number of hydrogen-bond donors (Lipinski definition) is 2. The standard InChI is InChI=1S/C29H33N7O/c1-4-21-7-6-14-36-25(18-31-27(21)36)26-24(16-30)17-32-29(34-26)33-19(2)22-11-9-20(10-12-22)15-23-8-5-13-35(3)28(23)37/h6-7,9-12,14,17-19,23,28,37H,4-5,8,13,15H2,1-3H3,(H,32,33,34)/t19-,23?,28?/m0/s1. The van der Waals surface area contributed by atoms with Crippen molar-refractivity contribution < 1.29 is 5.11 Å². The van der Waals surface area contributed by atoms with Crippen LogP contribution in [0.15, 0.2) is 55.0 Å². The van der Waals surface area contributed by atoms with Crippen LogP contribution in [0.1, 0.15) is 55.0 Å². The van der Waals surface area contributed by atoms with Crippen molar-refractivity contribution >= 4 is 11.6 Å². The zero-order valence-electron chi connectivity index (χ0n) is 21.6. The van der Waals surface area contributed by atoms with Gasteiger partial charge in [-0.05, 0) is 62.4 Å². The summed E-state index contributed by atoms with van der Waals surface area (Å²) in [6, 6.07) is 14.8. The van der Waals surface area contributed by atoms with Crippen molar-refractivity contribution in [3.8, 4) is 17.5 Å². The summed E-state index contributed by atoms with van der Waals surface area (Å²) >= 11 is 0. The lowest BCUT2D eigenvalue weighted by atomic mass is 9.89. The van der Waals surface area contributed by atoms with Gasteiger partial charge in [0.25, 0.3) is 0 Å². The number of aliphatic hydroxyl groups is 1. The maximum atomic E-state index is 10.5. The van der Waals surface area contributed by atoms with Gasteiger partial charge in [0, 0.05) is 18.7 Å². The van der Waals surface area contributed by atoms with E-state index in [2.05, 4.69) is 65.5 Å². The second kappa shape index (κ2) is 10.7. The fourth-order valence-corrected chi connectivity index (χ4v) is 5.22. The minimum atomic E-state index is -0.377. The molecule has 0 aliphatic carbocycles. The molecule has 2 N–H and O–H groups in total. The number of nitrogens with zero attached hydrogens (tertiary/aromatic N) is 6. The number of imidazole rings is 1. The number of aliphatic hydroxyl groups excluding tert-OH is 1. The zero-order valence-corrected chi connectivity index (χ0v) is 21.6. The van der Waals surface area contributed by atoms with Gasteiger partial charge in [-0.2, -0.15) is 5.26 Å². The molecule has 0 saturated carbocycles. The highest BCUT2D eigenvalue weighted by atomic mass is 16.3. The van der Waals surface area contributed by atoms with Crippen LogP contribution >= 0.6 is 0 Å². The topological polar surface area (TPSA) is 102 Å². The van der Waals surface area contributed by atoms with E-state index in [0.717, 1.165) is 54.7 Å². The van der Waals surface area contributed by atoms with E-state index in [1.807, 2.05) is 28.6 Å². The second-order valence-corrected chi connectivity index (χ2v) is 9.90. The quantitative estimate of drug-likeness (QED) is 0.386. The number of hydrogen-bond acceptors (Lipinski definition) is 7. The van der Waals surface area contributed by atoms with Crippen molar-refractivity contribution in [2.75, 3.05) is 18.9 Å². The van der Waals surface area contributed by atoms with E-state index in [-0.39, 0.29) is 18.2 Å². The molecule has 4 aromatic rings. The molecule has 4 heterocycles. The highest BCUT2D eigenvalue weighted by Crippen LogP contribution is 2.27. The molecule has 3 atom stereocenters. The number of anilines is 1. The van der Waals surface area contributed by atoms with E-state index in [0.29, 0.717) is 17.2 Å². The molecule has 2 unspecified atom stereocenters. The summed E-state index contributed by atoms with van der Waals surface area (Å²) in [5.41, 5.74) is 6.08. The third kappa shape index (κ3) is 5.06. The van der Waals surface area contributed by atoms with Gasteiger partial charge in [-0.1, -0.05) is 37.3 Å². The molecular formula is C29H33N7O. The number of nitrogens with one attached hydrogen (secondary N) is 1. The van der Waals surface area contributed by atoms with Crippen LogP contribution in [0, 0.1) is 17.2 Å². The number of piperidine rings is 1. The van der Waals surface area contributed by atoms with E-state index in [4.69, 9.17) is 4.98 Å². The van der Waals surface area contributed by atoms with Gasteiger partial charge in [0.15, 0.2) is 0 Å². The molecule has 0 amide bonds. The number of aryl methyl sites for hydroxylation is 1. The number of fused-ring (bicyclic) bond motifs is 1. The fraction of sp³-hybridized carbons (Fsp3) is 0.379. The van der Waals surface area contributed by atoms with E-state index >= 15 is 0 Å². The Morgan fingerprint density at radius 3 is 2.76 bits per heavy atom. The highest BCUT2D eigenvalue weighted by molar-refractivity contribution is 5.68. The first-order chi connectivity index (χ1) is 18.0. The van der Waals surface area contributed by atoms with Crippen LogP contribution in [0.2, 0.25) is 0 Å². The minimum absolute atomic E-state index is 0.0323. The molecule has 1 fully saturated rings. The van der Waals surface area contributed by atoms with Gasteiger partial charge in [-0.25, -0.2) is 15.0 Å². The number of pyridine rings is 1. The maximum Gasteiger partial charge on any atom is 0.223 e. The van der Waals surface area contributed by atoms with Gasteiger partial charge in [-0.3, -0.25) is 9.30 Å². The Morgan fingerprint density at radius 1 is 1.19 bits per heavy atom. The molecule has 1 aromatic carbocycles. The van der Waals surface area contributed by atoms with Crippen LogP contribution in [-0.4, -0.2) is 49.2 Å². The smallest absolute Gasteiger partial charge is 0.223 e. The average molecular weight is 496 g/mol. The third-order valence-corrected chi connectivity index (χ3v) is 7.43. The van der Waals surface area contributed by atoms with E-state index < -0.39 is 0 Å². The first-order valence-corrected chi connectivity index (χ1v) is 12.9. The zero-order chi connectivity index (χ0) is 25.9. The summed E-state index contributed by atoms with van der Waals surface area (Å²) in [6.45, 7) is 5.12. The van der Waals surface area contributed by atoms with E-state index in [1.165, 1.54) is 5.56 Å². The molecule has 1 aliphatic rings. The Balaban J connectivity index is 1.34. The van der Waals surface area contributed by atoms with Crippen molar-refractivity contribution in [1.29, 1.82) is 5.26 Å². The van der Waals surface area contributed by atoms with Crippen LogP contribution in [0.25, 0.3) is 17.0 Å². The first-order valence-electron chi connectivity index (χ1n) is 12.9. The SMILES string of the molecule is CCc1cccn2c(-c3nc(N[C@@H](C)c4ccc(CC5CCCN(C)C5O)cc4)ncc3C#N)cnc12. The van der Waals surface area contributed by atoms with Gasteiger partial charge in [0.2, 0.25) is 5.95 Å². The minimum Gasteiger partial charge on any atom is -0.378 e. The van der Waals surface area contributed by atoms with Crippen LogP contribution in [0.4, 0.5) is 5.95 Å². The van der Waals surface area contributed by atoms with Gasteiger partial charge in [0.1, 0.15) is 23.6 Å². The number of rotatable bonds is 7. The number of aromatic nitrogens is 4. The summed E-state index contributed by atoms with van der Waals surface area (Å²) in [6.07, 6.45) is 8.82. The largest absolute Gasteiger partial charge is 0.378 e. The van der Waals surface area contributed by atoms with Crippen LogP contribution in [-0.2, 0) is 12.8 Å². The molecule has 1 saturated heterocycles. The predicted molar refractivity (Wildman–Crippen MR) is 144 cm³/mol. The Morgan fingerprint density at radius 2 is 2.00 bits per heavy atom. The van der Waals surface area contributed by atoms with Crippen LogP contribution in [0.5, 0.6) is 0 Å². The molecule has 0 radical (unpaired) electrons. The lowest BCUT2D eigenvalue weighted by Crippen LogP contribution is -2.43. The fourth-order valence-electron chi connectivity index (χ4n) is 5.22. The molecule has 0 bridgehead atoms. The lowest BCUT2D eigenvalue weighted by molar-refractivity contribution is -0.0505. The average Bonchev–Trinajstić information content (AvgIpc) is 3.36. The molecular weight excluding hydrogens is 462 g/mol. The van der Waals surface area contributed by atoms with Crippen molar-refractivity contribution in [1.82, 2.24) is 24.3 Å². The summed E-state index contributed by atoms with van der Waals surface area (Å²) in [7, 11) is 1.99. The summed E-state index contributed by atoms with van der Waals surface area (Å²) in [5, 5.41) is 23.6. The van der Waals surface area contributed by atoms with Crippen molar-refractivity contribution in [2.24, 2.45) is 5.92 Å². The van der Waals surface area contributed by atoms with Crippen molar-refractivity contribution in [3.63, 3.8) is 0 Å². The van der Waals surface area contributed by atoms with E-state index in [1.54, 1.807) is 12.4 Å². The van der Waals surface area contributed by atoms with Gasteiger partial charge in [-0.15, -0.1) is 0 Å². The summed E-state index contributed by atoms with van der Waals surface area (Å²) in [4.78, 5) is 15.8. The van der Waals surface area contributed by atoms with Crippen molar-refractivity contribution in [2.45, 2.75) is 51.8 Å². The first kappa shape index (κ1) is 24.9. The number of nitriles is 1. The number of likely N-dealkylation sites (tertiary alicyclic amines) is 1. The molecule has 37 heavy (non-hydrogen) atoms. The molecule has 8 nitrogen and oxygen atoms in total. The molecule has 5 rings (SSSR count). The van der Waals surface area contributed by atoms with Gasteiger partial charge < -0.3 is 10.4 Å². The maximum absolute atomic E-state index is 10.5. The normalized spacial score (nSPS) is 19.0. The Hall–Kier alpha value is -3.80. The van der Waals surface area contributed by atoms with Gasteiger partial charge >= 0.3 is 0 Å². The molecule has 8 heteroatoms. The monoisotopic (exact) mass is 495 g/mol. The molecule has 3 aromatic heterocycles. The lowest BCUT2D eigenvalue weighted by Gasteiger charge is -2.35. The van der Waals surface area contributed by atoms with Crippen molar-refractivity contribution in [3.05, 3.63) is 77.2 Å². The van der Waals surface area contributed by atoms with Crippen LogP contribution < -0.4 is 5.32 Å². The highest BCUT2D eigenvalue weighted by Gasteiger charge is 2.27. The Labute approximate surface area is 217 Å². The summed E-state index contributed by atoms with van der Waals surface area (Å²) in [5.74, 6) is 0.721. The second-order valence-electron chi connectivity index (χ2n) is 9.90. The number of benzene rings is 1. The molecule has 0 spiro atoms. The molecule has 1 aliphatic heterocycles. The predicted octanol–water partition coefficient (Wildman–Crippen LogP) is 4.60.